The quantitative estimate of drug-likeness (QED) is 0.676. The summed E-state index contributed by atoms with van der Waals surface area (Å²) in [6, 6.07) is 8.47. The zero-order valence-corrected chi connectivity index (χ0v) is 15.4. The normalized spacial score (nSPS) is 13.0. The van der Waals surface area contributed by atoms with Gasteiger partial charge in [0.15, 0.2) is 6.61 Å². The van der Waals surface area contributed by atoms with Crippen molar-refractivity contribution >= 4 is 18.3 Å². The van der Waals surface area contributed by atoms with Crippen molar-refractivity contribution in [2.24, 2.45) is 0 Å². The van der Waals surface area contributed by atoms with Gasteiger partial charge in [0, 0.05) is 31.9 Å². The minimum atomic E-state index is -4.26. The van der Waals surface area contributed by atoms with E-state index in [0.29, 0.717) is 6.54 Å². The van der Waals surface area contributed by atoms with Crippen molar-refractivity contribution in [2.45, 2.75) is 32.0 Å². The maximum atomic E-state index is 12.8. The summed E-state index contributed by atoms with van der Waals surface area (Å²) < 4.78 is 54.3. The largest absolute Gasteiger partial charge is 0.471 e. The fraction of sp³-hybridized carbons (Fsp3) is 0.333. The summed E-state index contributed by atoms with van der Waals surface area (Å²) in [4.78, 5) is 15.8. The lowest BCUT2D eigenvalue weighted by molar-refractivity contribution is -0.148. The van der Waals surface area contributed by atoms with Crippen LogP contribution in [0.5, 0.6) is 5.88 Å². The second-order valence-corrected chi connectivity index (χ2v) is 6.12. The molecule has 152 valence electrons. The average Bonchev–Trinajstić information content (AvgIpc) is 3.12. The predicted molar refractivity (Wildman–Crippen MR) is 96.1 cm³/mol. The molecule has 0 spiro atoms. The van der Waals surface area contributed by atoms with Crippen molar-refractivity contribution in [1.82, 2.24) is 15.6 Å². The van der Waals surface area contributed by atoms with E-state index in [-0.39, 0.29) is 23.9 Å². The van der Waals surface area contributed by atoms with Crippen molar-refractivity contribution in [2.75, 3.05) is 6.61 Å². The Labute approximate surface area is 164 Å². The van der Waals surface area contributed by atoms with Gasteiger partial charge in [0.2, 0.25) is 5.88 Å². The third-order valence-electron chi connectivity index (χ3n) is 4.08. The summed E-state index contributed by atoms with van der Waals surface area (Å²) in [5.41, 5.74) is 3.59. The first-order chi connectivity index (χ1) is 12.8. The molecule has 28 heavy (non-hydrogen) atoms. The van der Waals surface area contributed by atoms with E-state index in [9.17, 15) is 22.4 Å². The van der Waals surface area contributed by atoms with E-state index in [1.165, 1.54) is 23.3 Å². The van der Waals surface area contributed by atoms with Crippen molar-refractivity contribution in [3.8, 4) is 5.88 Å². The van der Waals surface area contributed by atoms with E-state index in [1.54, 1.807) is 0 Å². The zero-order valence-electron chi connectivity index (χ0n) is 14.6. The number of carbonyl (C=O) groups excluding carboxylic acids is 1. The van der Waals surface area contributed by atoms with Gasteiger partial charge in [-0.1, -0.05) is 18.2 Å². The van der Waals surface area contributed by atoms with Gasteiger partial charge in [0.1, 0.15) is 0 Å². The third kappa shape index (κ3) is 5.32. The van der Waals surface area contributed by atoms with Gasteiger partial charge in [-0.25, -0.2) is 13.8 Å². The third-order valence-corrected chi connectivity index (χ3v) is 4.08. The number of hydrogen-bond acceptors (Lipinski definition) is 4. The molecule has 3 rings (SSSR count). The fourth-order valence-electron chi connectivity index (χ4n) is 2.58. The second-order valence-electron chi connectivity index (χ2n) is 6.12. The molecule has 2 aromatic rings. The number of carbonyl (C=O) groups is 1. The van der Waals surface area contributed by atoms with Gasteiger partial charge in [-0.2, -0.15) is 8.78 Å². The van der Waals surface area contributed by atoms with Crippen LogP contribution in [0.15, 0.2) is 36.5 Å². The maximum Gasteiger partial charge on any atom is 0.340 e. The predicted octanol–water partition coefficient (Wildman–Crippen LogP) is 3.32. The first kappa shape index (κ1) is 21.9. The van der Waals surface area contributed by atoms with Crippen LogP contribution in [-0.4, -0.2) is 29.8 Å². The number of hydrogen-bond donors (Lipinski definition) is 2. The summed E-state index contributed by atoms with van der Waals surface area (Å²) in [6.45, 7) is 0.472. The van der Waals surface area contributed by atoms with Crippen LogP contribution in [0.25, 0.3) is 0 Å². The number of halogens is 5. The number of aromatic nitrogens is 1. The first-order valence-corrected chi connectivity index (χ1v) is 8.19. The Morgan fingerprint density at radius 3 is 2.64 bits per heavy atom. The number of pyridine rings is 1. The van der Waals surface area contributed by atoms with Crippen molar-refractivity contribution in [3.05, 3.63) is 58.8 Å². The lowest BCUT2D eigenvalue weighted by Crippen LogP contribution is -2.33. The first-order valence-electron chi connectivity index (χ1n) is 8.19. The highest BCUT2D eigenvalue weighted by Crippen LogP contribution is 2.23. The molecule has 2 N–H and O–H groups in total. The molecule has 2 heterocycles. The number of rotatable bonds is 7. The monoisotopic (exact) mass is 419 g/mol. The number of benzene rings is 1. The second kappa shape index (κ2) is 9.20. The summed E-state index contributed by atoms with van der Waals surface area (Å²) >= 11 is 0. The molecule has 0 saturated carbocycles. The molecule has 5 nitrogen and oxygen atoms in total. The summed E-state index contributed by atoms with van der Waals surface area (Å²) in [5, 5.41) is 5.98. The molecule has 10 heteroatoms. The fourth-order valence-corrected chi connectivity index (χ4v) is 2.58. The number of nitrogens with one attached hydrogen (secondary N) is 2. The standard InChI is InChI=1S/C18H17F4N3O2.ClH/c19-17(20)18(21,22)10-27-15-4-3-13(9-24-15)16(26)25-6-11-1-2-12-7-23-8-14(12)5-11;/h1-5,9,17,23H,6-8,10H2,(H,25,26);1H. The maximum absolute atomic E-state index is 12.8. The minimum Gasteiger partial charge on any atom is -0.471 e. The number of fused-ring (bicyclic) bond motifs is 1. The summed E-state index contributed by atoms with van der Waals surface area (Å²) in [5.74, 6) is -4.92. The van der Waals surface area contributed by atoms with Gasteiger partial charge in [-0.15, -0.1) is 12.4 Å². The molecule has 0 fully saturated rings. The van der Waals surface area contributed by atoms with E-state index in [2.05, 4.69) is 20.4 Å². The van der Waals surface area contributed by atoms with Crippen molar-refractivity contribution in [1.29, 1.82) is 0 Å². The van der Waals surface area contributed by atoms with Gasteiger partial charge < -0.3 is 15.4 Å². The lowest BCUT2D eigenvalue weighted by Gasteiger charge is -2.15. The Kier molecular flexibility index (Phi) is 7.20. The topological polar surface area (TPSA) is 63.2 Å². The van der Waals surface area contributed by atoms with Crippen LogP contribution in [-0.2, 0) is 19.6 Å². The van der Waals surface area contributed by atoms with E-state index in [4.69, 9.17) is 0 Å². The molecule has 0 saturated heterocycles. The van der Waals surface area contributed by atoms with Crippen LogP contribution < -0.4 is 15.4 Å². The van der Waals surface area contributed by atoms with Crippen LogP contribution in [0.1, 0.15) is 27.0 Å². The Morgan fingerprint density at radius 2 is 1.96 bits per heavy atom. The van der Waals surface area contributed by atoms with Gasteiger partial charge in [-0.05, 0) is 22.8 Å². The van der Waals surface area contributed by atoms with Crippen molar-refractivity contribution in [3.63, 3.8) is 0 Å². The lowest BCUT2D eigenvalue weighted by atomic mass is 10.1. The van der Waals surface area contributed by atoms with Gasteiger partial charge >= 0.3 is 12.3 Å². The molecular formula is C18H18ClF4N3O2. The van der Waals surface area contributed by atoms with Gasteiger partial charge in [-0.3, -0.25) is 4.79 Å². The Hall–Kier alpha value is -2.39. The number of alkyl halides is 4. The molecule has 0 radical (unpaired) electrons. The molecular weight excluding hydrogens is 402 g/mol. The minimum absolute atomic E-state index is 0. The molecule has 0 unspecified atom stereocenters. The highest BCUT2D eigenvalue weighted by molar-refractivity contribution is 5.93. The van der Waals surface area contributed by atoms with Crippen LogP contribution in [0.4, 0.5) is 17.6 Å². The van der Waals surface area contributed by atoms with E-state index in [0.717, 1.165) is 24.8 Å². The van der Waals surface area contributed by atoms with Crippen LogP contribution in [0.3, 0.4) is 0 Å². The molecule has 0 atom stereocenters. The van der Waals surface area contributed by atoms with E-state index in [1.807, 2.05) is 18.2 Å². The van der Waals surface area contributed by atoms with Crippen molar-refractivity contribution < 1.29 is 27.1 Å². The Bertz CT molecular complexity index is 819. The molecule has 1 aliphatic rings. The smallest absolute Gasteiger partial charge is 0.340 e. The molecule has 1 amide bonds. The Balaban J connectivity index is 0.00000280. The van der Waals surface area contributed by atoms with E-state index < -0.39 is 24.9 Å². The molecule has 1 aromatic carbocycles. The SMILES string of the molecule is Cl.O=C(NCc1ccc2c(c1)CNC2)c1ccc(OCC(F)(F)C(F)F)nc1. The molecule has 0 aliphatic carbocycles. The molecule has 1 aliphatic heterocycles. The van der Waals surface area contributed by atoms with Crippen LogP contribution in [0, 0.1) is 0 Å². The molecule has 0 bridgehead atoms. The van der Waals surface area contributed by atoms with Crippen LogP contribution >= 0.6 is 12.4 Å². The summed E-state index contributed by atoms with van der Waals surface area (Å²) in [7, 11) is 0. The zero-order chi connectivity index (χ0) is 19.4. The summed E-state index contributed by atoms with van der Waals surface area (Å²) in [6.07, 6.45) is -2.69. The van der Waals surface area contributed by atoms with Crippen LogP contribution in [0.2, 0.25) is 0 Å². The Morgan fingerprint density at radius 1 is 1.21 bits per heavy atom. The van der Waals surface area contributed by atoms with Gasteiger partial charge in [0.25, 0.3) is 5.91 Å². The highest BCUT2D eigenvalue weighted by Gasteiger charge is 2.41. The van der Waals surface area contributed by atoms with Gasteiger partial charge in [0.05, 0.1) is 5.56 Å². The number of nitrogens with zero attached hydrogens (tertiary/aromatic N) is 1. The number of ether oxygens (including phenoxy) is 1. The van der Waals surface area contributed by atoms with E-state index >= 15 is 0 Å². The molecule has 1 aromatic heterocycles. The number of amides is 1. The average molecular weight is 420 g/mol. The highest BCUT2D eigenvalue weighted by atomic mass is 35.5.